The Morgan fingerprint density at radius 2 is 2.00 bits per heavy atom. The maximum absolute atomic E-state index is 13.2. The molecule has 0 saturated heterocycles. The van der Waals surface area contributed by atoms with Gasteiger partial charge in [-0.15, -0.1) is 0 Å². The molecule has 0 bridgehead atoms. The molecular formula is C8H7FN4. The lowest BCUT2D eigenvalue weighted by atomic mass is 10.2. The van der Waals surface area contributed by atoms with Gasteiger partial charge < -0.3 is 5.73 Å². The Hall–Kier alpha value is -1.91. The number of nitrogen functional groups attached to an aromatic ring is 1. The first-order valence-corrected chi connectivity index (χ1v) is 3.69. The molecule has 2 heterocycles. The van der Waals surface area contributed by atoms with E-state index >= 15 is 0 Å². The van der Waals surface area contributed by atoms with Crippen LogP contribution in [0.5, 0.6) is 0 Å². The zero-order valence-corrected chi connectivity index (χ0v) is 6.66. The Labute approximate surface area is 73.6 Å². The molecule has 0 fully saturated rings. The summed E-state index contributed by atoms with van der Waals surface area (Å²) in [4.78, 5) is 3.82. The summed E-state index contributed by atoms with van der Waals surface area (Å²) in [7, 11) is 0. The average Bonchev–Trinajstić information content (AvgIpc) is 2.49. The van der Waals surface area contributed by atoms with Gasteiger partial charge in [0.2, 0.25) is 0 Å². The number of hydrogen-bond acceptors (Lipinski definition) is 3. The molecule has 66 valence electrons. The fourth-order valence-corrected chi connectivity index (χ4v) is 1.05. The number of hydrogen-bond donors (Lipinski definition) is 2. The molecule has 2 rings (SSSR count). The van der Waals surface area contributed by atoms with Crippen molar-refractivity contribution >= 4 is 5.82 Å². The molecule has 0 amide bonds. The summed E-state index contributed by atoms with van der Waals surface area (Å²) < 4.78 is 13.2. The van der Waals surface area contributed by atoms with E-state index in [0.29, 0.717) is 11.3 Å². The summed E-state index contributed by atoms with van der Waals surface area (Å²) in [6.07, 6.45) is 3.15. The normalized spacial score (nSPS) is 10.2. The van der Waals surface area contributed by atoms with Crippen LogP contribution in [0.1, 0.15) is 0 Å². The smallest absolute Gasteiger partial charge is 0.192 e. The number of aromatic amines is 1. The van der Waals surface area contributed by atoms with E-state index < -0.39 is 5.82 Å². The van der Waals surface area contributed by atoms with E-state index in [1.165, 1.54) is 0 Å². The van der Waals surface area contributed by atoms with Crippen LogP contribution in [0.25, 0.3) is 11.3 Å². The molecule has 3 N–H and O–H groups in total. The summed E-state index contributed by atoms with van der Waals surface area (Å²) in [5.74, 6) is -0.641. The molecule has 0 unspecified atom stereocenters. The van der Waals surface area contributed by atoms with Crippen LogP contribution >= 0.6 is 0 Å². The fourth-order valence-electron chi connectivity index (χ4n) is 1.05. The zero-order valence-electron chi connectivity index (χ0n) is 6.66. The Kier molecular flexibility index (Phi) is 1.70. The third-order valence-corrected chi connectivity index (χ3v) is 1.70. The Morgan fingerprint density at radius 1 is 1.31 bits per heavy atom. The highest BCUT2D eigenvalue weighted by Gasteiger charge is 2.10. The topological polar surface area (TPSA) is 67.6 Å². The van der Waals surface area contributed by atoms with Crippen molar-refractivity contribution in [3.05, 3.63) is 30.3 Å². The van der Waals surface area contributed by atoms with Crippen molar-refractivity contribution in [2.45, 2.75) is 0 Å². The maximum Gasteiger partial charge on any atom is 0.192 e. The van der Waals surface area contributed by atoms with Gasteiger partial charge in [0, 0.05) is 18.0 Å². The molecule has 2 aromatic heterocycles. The van der Waals surface area contributed by atoms with Crippen LogP contribution in [0.3, 0.4) is 0 Å². The van der Waals surface area contributed by atoms with Gasteiger partial charge in [-0.2, -0.15) is 5.10 Å². The molecule has 0 aliphatic heterocycles. The molecule has 4 nitrogen and oxygen atoms in total. The Bertz CT molecular complexity index is 409. The summed E-state index contributed by atoms with van der Waals surface area (Å²) in [5.41, 5.74) is 6.21. The zero-order chi connectivity index (χ0) is 9.26. The molecule has 0 radical (unpaired) electrons. The molecule has 0 saturated carbocycles. The van der Waals surface area contributed by atoms with Crippen molar-refractivity contribution in [3.8, 4) is 11.3 Å². The van der Waals surface area contributed by atoms with Crippen LogP contribution in [-0.4, -0.2) is 15.2 Å². The minimum absolute atomic E-state index is 0.119. The number of aromatic nitrogens is 3. The first-order chi connectivity index (χ1) is 6.29. The number of nitrogens with two attached hydrogens (primary N) is 1. The lowest BCUT2D eigenvalue weighted by Gasteiger charge is -1.94. The third-order valence-electron chi connectivity index (χ3n) is 1.70. The van der Waals surface area contributed by atoms with Crippen molar-refractivity contribution in [2.24, 2.45) is 0 Å². The van der Waals surface area contributed by atoms with Crippen molar-refractivity contribution in [1.82, 2.24) is 15.2 Å². The van der Waals surface area contributed by atoms with Gasteiger partial charge in [-0.1, -0.05) is 0 Å². The summed E-state index contributed by atoms with van der Waals surface area (Å²) in [6, 6.07) is 3.35. The van der Waals surface area contributed by atoms with Gasteiger partial charge in [-0.3, -0.25) is 10.1 Å². The van der Waals surface area contributed by atoms with E-state index in [-0.39, 0.29) is 5.82 Å². The number of anilines is 1. The lowest BCUT2D eigenvalue weighted by molar-refractivity contribution is 0.636. The van der Waals surface area contributed by atoms with Gasteiger partial charge in [0.25, 0.3) is 0 Å². The minimum atomic E-state index is -0.522. The van der Waals surface area contributed by atoms with Crippen LogP contribution in [0.4, 0.5) is 10.2 Å². The second kappa shape index (κ2) is 2.85. The molecule has 0 aliphatic rings. The second-order valence-corrected chi connectivity index (χ2v) is 2.53. The number of nitrogens with one attached hydrogen (secondary N) is 1. The van der Waals surface area contributed by atoms with Gasteiger partial charge in [0.1, 0.15) is 5.69 Å². The lowest BCUT2D eigenvalue weighted by Crippen LogP contribution is -1.87. The van der Waals surface area contributed by atoms with Gasteiger partial charge in [-0.25, -0.2) is 4.39 Å². The number of nitrogens with zero attached hydrogens (tertiary/aromatic N) is 2. The van der Waals surface area contributed by atoms with Gasteiger partial charge >= 0.3 is 0 Å². The molecule has 2 aromatic rings. The highest BCUT2D eigenvalue weighted by Crippen LogP contribution is 2.21. The molecular weight excluding hydrogens is 171 g/mol. The van der Waals surface area contributed by atoms with E-state index in [1.807, 2.05) is 0 Å². The predicted molar refractivity (Wildman–Crippen MR) is 46.2 cm³/mol. The molecule has 0 aliphatic carbocycles. The highest BCUT2D eigenvalue weighted by atomic mass is 19.1. The number of rotatable bonds is 1. The monoisotopic (exact) mass is 178 g/mol. The van der Waals surface area contributed by atoms with E-state index in [9.17, 15) is 4.39 Å². The van der Waals surface area contributed by atoms with Crippen molar-refractivity contribution in [2.75, 3.05) is 5.73 Å². The van der Waals surface area contributed by atoms with Gasteiger partial charge in [0.15, 0.2) is 11.6 Å². The quantitative estimate of drug-likeness (QED) is 0.689. The van der Waals surface area contributed by atoms with Crippen LogP contribution in [-0.2, 0) is 0 Å². The summed E-state index contributed by atoms with van der Waals surface area (Å²) >= 11 is 0. The van der Waals surface area contributed by atoms with E-state index in [1.54, 1.807) is 24.5 Å². The van der Waals surface area contributed by atoms with E-state index in [2.05, 4.69) is 15.2 Å². The van der Waals surface area contributed by atoms with E-state index in [4.69, 9.17) is 5.73 Å². The number of H-pyrrole nitrogens is 1. The van der Waals surface area contributed by atoms with Gasteiger partial charge in [0.05, 0.1) is 0 Å². The number of pyridine rings is 1. The van der Waals surface area contributed by atoms with E-state index in [0.717, 1.165) is 0 Å². The minimum Gasteiger partial charge on any atom is -0.380 e. The summed E-state index contributed by atoms with van der Waals surface area (Å²) in [5, 5.41) is 6.06. The largest absolute Gasteiger partial charge is 0.380 e. The first-order valence-electron chi connectivity index (χ1n) is 3.69. The SMILES string of the molecule is Nc1n[nH]c(-c2ccncc2)c1F. The molecule has 5 heteroatoms. The standard InChI is InChI=1S/C8H7FN4/c9-6-7(12-13-8(6)10)5-1-3-11-4-2-5/h1-4H,(H3,10,12,13). The molecule has 0 aromatic carbocycles. The molecule has 13 heavy (non-hydrogen) atoms. The Balaban J connectivity index is 2.53. The average molecular weight is 178 g/mol. The molecule has 0 atom stereocenters. The highest BCUT2D eigenvalue weighted by molar-refractivity contribution is 5.62. The third kappa shape index (κ3) is 1.24. The first kappa shape index (κ1) is 7.72. The van der Waals surface area contributed by atoms with Crippen LogP contribution < -0.4 is 5.73 Å². The number of halogens is 1. The Morgan fingerprint density at radius 3 is 2.54 bits per heavy atom. The summed E-state index contributed by atoms with van der Waals surface area (Å²) in [6.45, 7) is 0. The van der Waals surface area contributed by atoms with Crippen molar-refractivity contribution < 1.29 is 4.39 Å². The van der Waals surface area contributed by atoms with Crippen LogP contribution in [0.2, 0.25) is 0 Å². The van der Waals surface area contributed by atoms with Crippen LogP contribution in [0, 0.1) is 5.82 Å². The van der Waals surface area contributed by atoms with Crippen LogP contribution in [0.15, 0.2) is 24.5 Å². The van der Waals surface area contributed by atoms with Crippen molar-refractivity contribution in [1.29, 1.82) is 0 Å². The predicted octanol–water partition coefficient (Wildman–Crippen LogP) is 1.19. The fraction of sp³-hybridized carbons (Fsp3) is 0. The van der Waals surface area contributed by atoms with Crippen molar-refractivity contribution in [3.63, 3.8) is 0 Å². The van der Waals surface area contributed by atoms with Gasteiger partial charge in [-0.05, 0) is 12.1 Å². The second-order valence-electron chi connectivity index (χ2n) is 2.53. The molecule has 0 spiro atoms. The maximum atomic E-state index is 13.2.